The van der Waals surface area contributed by atoms with Gasteiger partial charge in [0.15, 0.2) is 6.61 Å². The maximum Gasteiger partial charge on any atom is 0.337 e. The third kappa shape index (κ3) is 4.64. The van der Waals surface area contributed by atoms with Gasteiger partial charge in [0.2, 0.25) is 0 Å². The molecule has 0 spiro atoms. The van der Waals surface area contributed by atoms with Crippen LogP contribution in [0.15, 0.2) is 95.8 Å². The van der Waals surface area contributed by atoms with Gasteiger partial charge in [-0.3, -0.25) is 4.79 Å². The van der Waals surface area contributed by atoms with Gasteiger partial charge in [-0.15, -0.1) is 0 Å². The summed E-state index contributed by atoms with van der Waals surface area (Å²) in [5.41, 5.74) is 3.45. The normalized spacial score (nSPS) is 10.5. The van der Waals surface area contributed by atoms with Crippen molar-refractivity contribution in [3.8, 4) is 28.0 Å². The predicted octanol–water partition coefficient (Wildman–Crippen LogP) is 5.33. The molecule has 154 valence electrons. The monoisotopic (exact) mass is 413 g/mol. The third-order valence-electron chi connectivity index (χ3n) is 4.71. The summed E-state index contributed by atoms with van der Waals surface area (Å²) in [6, 6.07) is 23.7. The number of anilines is 1. The molecule has 0 saturated carbocycles. The Morgan fingerprint density at radius 1 is 0.871 bits per heavy atom. The Bertz CT molecular complexity index is 1200. The van der Waals surface area contributed by atoms with Crippen molar-refractivity contribution >= 4 is 17.6 Å². The van der Waals surface area contributed by atoms with Crippen LogP contribution in [0.5, 0.6) is 5.75 Å². The van der Waals surface area contributed by atoms with Gasteiger partial charge in [0.25, 0.3) is 5.91 Å². The highest BCUT2D eigenvalue weighted by Gasteiger charge is 2.15. The van der Waals surface area contributed by atoms with Crippen LogP contribution in [0.3, 0.4) is 0 Å². The molecule has 0 fully saturated rings. The molecule has 1 aromatic heterocycles. The van der Waals surface area contributed by atoms with E-state index in [1.165, 1.54) is 18.6 Å². The number of aromatic carboxylic acids is 1. The molecule has 0 radical (unpaired) electrons. The molecular formula is C25H19NO5. The first kappa shape index (κ1) is 20.0. The summed E-state index contributed by atoms with van der Waals surface area (Å²) in [7, 11) is 0. The van der Waals surface area contributed by atoms with E-state index < -0.39 is 11.9 Å². The first-order valence-electron chi connectivity index (χ1n) is 9.59. The highest BCUT2D eigenvalue weighted by atomic mass is 16.5. The second-order valence-electron chi connectivity index (χ2n) is 6.78. The van der Waals surface area contributed by atoms with E-state index in [-0.39, 0.29) is 17.9 Å². The fraction of sp³-hybridized carbons (Fsp3) is 0.0400. The topological polar surface area (TPSA) is 88.8 Å². The molecule has 31 heavy (non-hydrogen) atoms. The highest BCUT2D eigenvalue weighted by Crippen LogP contribution is 2.30. The lowest BCUT2D eigenvalue weighted by Gasteiger charge is -2.13. The molecule has 6 nitrogen and oxygen atoms in total. The number of furan rings is 1. The molecule has 0 atom stereocenters. The summed E-state index contributed by atoms with van der Waals surface area (Å²) in [5.74, 6) is -1.03. The minimum absolute atomic E-state index is 0.0169. The summed E-state index contributed by atoms with van der Waals surface area (Å²) in [6.45, 7) is -0.258. The molecule has 1 amide bonds. The lowest BCUT2D eigenvalue weighted by atomic mass is 10.0. The quantitative estimate of drug-likeness (QED) is 0.428. The lowest BCUT2D eigenvalue weighted by molar-refractivity contribution is -0.118. The van der Waals surface area contributed by atoms with Crippen LogP contribution in [0.25, 0.3) is 22.3 Å². The van der Waals surface area contributed by atoms with Crippen molar-refractivity contribution in [3.63, 3.8) is 0 Å². The number of carbonyl (C=O) groups is 2. The van der Waals surface area contributed by atoms with E-state index in [9.17, 15) is 14.7 Å². The van der Waals surface area contributed by atoms with Crippen LogP contribution < -0.4 is 10.1 Å². The first-order chi connectivity index (χ1) is 15.1. The molecule has 2 N–H and O–H groups in total. The van der Waals surface area contributed by atoms with E-state index in [2.05, 4.69) is 5.32 Å². The zero-order valence-corrected chi connectivity index (χ0v) is 16.4. The molecule has 6 heteroatoms. The fourth-order valence-corrected chi connectivity index (χ4v) is 3.22. The Balaban J connectivity index is 1.48. The van der Waals surface area contributed by atoms with Gasteiger partial charge >= 0.3 is 5.97 Å². The summed E-state index contributed by atoms with van der Waals surface area (Å²) in [4.78, 5) is 24.2. The number of para-hydroxylation sites is 1. The molecule has 1 heterocycles. The number of hydrogen-bond acceptors (Lipinski definition) is 4. The maximum atomic E-state index is 12.5. The van der Waals surface area contributed by atoms with E-state index in [0.717, 1.165) is 16.7 Å². The third-order valence-corrected chi connectivity index (χ3v) is 4.71. The Morgan fingerprint density at radius 2 is 1.65 bits per heavy atom. The van der Waals surface area contributed by atoms with Gasteiger partial charge in [0.05, 0.1) is 23.8 Å². The van der Waals surface area contributed by atoms with Gasteiger partial charge in [-0.25, -0.2) is 4.79 Å². The second kappa shape index (κ2) is 9.00. The molecule has 4 rings (SSSR count). The van der Waals surface area contributed by atoms with Gasteiger partial charge in [-0.2, -0.15) is 0 Å². The number of nitrogens with one attached hydrogen (secondary N) is 1. The van der Waals surface area contributed by atoms with Crippen LogP contribution in [0.4, 0.5) is 5.69 Å². The van der Waals surface area contributed by atoms with Gasteiger partial charge < -0.3 is 19.6 Å². The maximum absolute atomic E-state index is 12.5. The van der Waals surface area contributed by atoms with Crippen molar-refractivity contribution < 1.29 is 23.8 Å². The minimum atomic E-state index is -1.14. The Labute approximate surface area is 178 Å². The average molecular weight is 413 g/mol. The number of amides is 1. The second-order valence-corrected chi connectivity index (χ2v) is 6.78. The van der Waals surface area contributed by atoms with E-state index in [0.29, 0.717) is 11.3 Å². The van der Waals surface area contributed by atoms with Crippen molar-refractivity contribution in [2.24, 2.45) is 0 Å². The molecule has 4 aromatic rings. The van der Waals surface area contributed by atoms with Gasteiger partial charge in [0.1, 0.15) is 5.75 Å². The summed E-state index contributed by atoms with van der Waals surface area (Å²) >= 11 is 0. The van der Waals surface area contributed by atoms with Gasteiger partial charge in [-0.1, -0.05) is 54.6 Å². The van der Waals surface area contributed by atoms with E-state index in [1.54, 1.807) is 24.3 Å². The zero-order valence-electron chi connectivity index (χ0n) is 16.4. The number of benzene rings is 3. The number of hydrogen-bond donors (Lipinski definition) is 2. The number of carboxylic acid groups (broad SMARTS) is 1. The van der Waals surface area contributed by atoms with E-state index in [1.807, 2.05) is 48.5 Å². The summed E-state index contributed by atoms with van der Waals surface area (Å²) in [5, 5.41) is 12.2. The van der Waals surface area contributed by atoms with Gasteiger partial charge in [-0.05, 0) is 35.4 Å². The van der Waals surface area contributed by atoms with Crippen LogP contribution in [0, 0.1) is 0 Å². The molecule has 0 aliphatic rings. The fourth-order valence-electron chi connectivity index (χ4n) is 3.22. The van der Waals surface area contributed by atoms with Crippen molar-refractivity contribution in [1.29, 1.82) is 0 Å². The van der Waals surface area contributed by atoms with Crippen LogP contribution in [-0.4, -0.2) is 23.6 Å². The highest BCUT2D eigenvalue weighted by molar-refractivity contribution is 6.02. The lowest BCUT2D eigenvalue weighted by Crippen LogP contribution is -2.21. The van der Waals surface area contributed by atoms with Crippen LogP contribution >= 0.6 is 0 Å². The largest absolute Gasteiger partial charge is 0.483 e. The molecular weight excluding hydrogens is 394 g/mol. The number of rotatable bonds is 7. The average Bonchev–Trinajstić information content (AvgIpc) is 3.34. The Hall–Kier alpha value is -4.32. The number of carbonyl (C=O) groups excluding carboxylic acids is 1. The Kier molecular flexibility index (Phi) is 5.80. The minimum Gasteiger partial charge on any atom is -0.483 e. The molecule has 0 saturated heterocycles. The van der Waals surface area contributed by atoms with Crippen LogP contribution in [0.1, 0.15) is 10.4 Å². The standard InChI is InChI=1S/C25H19NO5/c27-24(16-31-23-9-5-4-8-20(23)17-6-2-1-3-7-17)26-22-11-10-18(14-21(22)25(28)29)19-12-13-30-15-19/h1-15H,16H2,(H,26,27)(H,28,29). The smallest absolute Gasteiger partial charge is 0.337 e. The molecule has 0 aliphatic heterocycles. The van der Waals surface area contributed by atoms with E-state index >= 15 is 0 Å². The molecule has 0 bridgehead atoms. The van der Waals surface area contributed by atoms with Crippen molar-refractivity contribution in [1.82, 2.24) is 0 Å². The van der Waals surface area contributed by atoms with Crippen molar-refractivity contribution in [2.75, 3.05) is 11.9 Å². The molecule has 0 aliphatic carbocycles. The van der Waals surface area contributed by atoms with Crippen molar-refractivity contribution in [3.05, 3.63) is 97.0 Å². The van der Waals surface area contributed by atoms with Gasteiger partial charge in [0, 0.05) is 11.1 Å². The predicted molar refractivity (Wildman–Crippen MR) is 117 cm³/mol. The summed E-state index contributed by atoms with van der Waals surface area (Å²) < 4.78 is 10.8. The summed E-state index contributed by atoms with van der Waals surface area (Å²) in [6.07, 6.45) is 3.04. The SMILES string of the molecule is O=C(COc1ccccc1-c1ccccc1)Nc1ccc(-c2ccoc2)cc1C(=O)O. The number of carboxylic acids is 1. The Morgan fingerprint density at radius 3 is 2.39 bits per heavy atom. The van der Waals surface area contributed by atoms with Crippen LogP contribution in [0.2, 0.25) is 0 Å². The zero-order chi connectivity index (χ0) is 21.6. The van der Waals surface area contributed by atoms with Crippen molar-refractivity contribution in [2.45, 2.75) is 0 Å². The first-order valence-corrected chi connectivity index (χ1v) is 9.59. The molecule has 3 aromatic carbocycles. The van der Waals surface area contributed by atoms with Crippen LogP contribution in [-0.2, 0) is 4.79 Å². The van der Waals surface area contributed by atoms with E-state index in [4.69, 9.17) is 9.15 Å². The number of ether oxygens (including phenoxy) is 1. The molecule has 0 unspecified atom stereocenters.